The van der Waals surface area contributed by atoms with Crippen molar-refractivity contribution in [3.8, 4) is 0 Å². The van der Waals surface area contributed by atoms with Gasteiger partial charge in [-0.15, -0.1) is 0 Å². The molecule has 1 heterocycles. The highest BCUT2D eigenvalue weighted by Gasteiger charge is 2.30. The van der Waals surface area contributed by atoms with E-state index >= 15 is 0 Å². The van der Waals surface area contributed by atoms with Gasteiger partial charge in [0.25, 0.3) is 5.56 Å². The first-order chi connectivity index (χ1) is 11.7. The molecule has 0 amide bonds. The summed E-state index contributed by atoms with van der Waals surface area (Å²) in [6, 6.07) is 1.34. The van der Waals surface area contributed by atoms with Gasteiger partial charge in [0.1, 0.15) is 11.6 Å². The van der Waals surface area contributed by atoms with Crippen molar-refractivity contribution in [1.29, 1.82) is 0 Å². The van der Waals surface area contributed by atoms with E-state index in [1.807, 2.05) is 0 Å². The Labute approximate surface area is 126 Å². The Morgan fingerprint density at radius 3 is 3.05 bits per heavy atom. The van der Waals surface area contributed by atoms with Crippen LogP contribution in [0, 0.1) is 6.88 Å². The fourth-order valence-electron chi connectivity index (χ4n) is 2.49. The SMILES string of the molecule is [2H]c1ccc2nc(C([2H])[2H])n(C3C(=O)CC(=O)CC3[2H])c(=O)c2c1N. The molecule has 108 valence electrons. The number of rotatable bonds is 1. The van der Waals surface area contributed by atoms with Gasteiger partial charge in [-0.1, -0.05) is 6.07 Å². The second kappa shape index (κ2) is 4.80. The van der Waals surface area contributed by atoms with Gasteiger partial charge in [0.05, 0.1) is 24.7 Å². The standard InChI is InChI=1S/C15H15N3O3/c1-8-17-11-4-2-3-10(16)14(11)15(21)18(8)12-6-5-9(19)7-13(12)20/h2-4,12H,5-7,16H2,1H3/i1D2,3D,6D. The van der Waals surface area contributed by atoms with Crippen LogP contribution >= 0.6 is 0 Å². The molecule has 1 fully saturated rings. The van der Waals surface area contributed by atoms with Gasteiger partial charge in [-0.2, -0.15) is 0 Å². The molecule has 1 aromatic carbocycles. The van der Waals surface area contributed by atoms with Crippen molar-refractivity contribution >= 4 is 28.2 Å². The van der Waals surface area contributed by atoms with Crippen molar-refractivity contribution in [2.45, 2.75) is 32.2 Å². The van der Waals surface area contributed by atoms with E-state index in [1.165, 1.54) is 12.1 Å². The molecule has 2 unspecified atom stereocenters. The molecule has 2 N–H and O–H groups in total. The van der Waals surface area contributed by atoms with Crippen molar-refractivity contribution in [1.82, 2.24) is 9.55 Å². The number of nitrogens with two attached hydrogens (primary N) is 1. The molecule has 3 rings (SSSR count). The minimum atomic E-state index is -1.67. The number of hydrogen-bond donors (Lipinski definition) is 1. The molecular formula is C15H15N3O3. The molecule has 21 heavy (non-hydrogen) atoms. The Kier molecular flexibility index (Phi) is 2.16. The van der Waals surface area contributed by atoms with E-state index in [1.54, 1.807) is 0 Å². The molecular weight excluding hydrogens is 270 g/mol. The third kappa shape index (κ3) is 2.12. The van der Waals surface area contributed by atoms with Crippen molar-refractivity contribution in [2.24, 2.45) is 0 Å². The van der Waals surface area contributed by atoms with Crippen molar-refractivity contribution in [3.05, 3.63) is 34.4 Å². The molecule has 0 bridgehead atoms. The number of hydrogen-bond acceptors (Lipinski definition) is 5. The minimum absolute atomic E-state index is 0.0891. The summed E-state index contributed by atoms with van der Waals surface area (Å²) >= 11 is 0. The molecule has 0 saturated heterocycles. The molecule has 0 spiro atoms. The quantitative estimate of drug-likeness (QED) is 0.627. The molecule has 1 aromatic heterocycles. The Hall–Kier alpha value is -2.50. The zero-order chi connectivity index (χ0) is 18.5. The van der Waals surface area contributed by atoms with Crippen LogP contribution in [-0.2, 0) is 9.59 Å². The summed E-state index contributed by atoms with van der Waals surface area (Å²) in [5, 5.41) is -0.0891. The van der Waals surface area contributed by atoms with E-state index in [-0.39, 0.29) is 40.7 Å². The average molecular weight is 289 g/mol. The van der Waals surface area contributed by atoms with Crippen LogP contribution in [0.2, 0.25) is 0 Å². The van der Waals surface area contributed by atoms with Crippen LogP contribution in [0.5, 0.6) is 0 Å². The summed E-state index contributed by atoms with van der Waals surface area (Å²) in [4.78, 5) is 40.9. The highest BCUT2D eigenvalue weighted by Crippen LogP contribution is 2.24. The van der Waals surface area contributed by atoms with E-state index in [0.717, 1.165) is 4.57 Å². The van der Waals surface area contributed by atoms with Gasteiger partial charge in [0.2, 0.25) is 0 Å². The third-order valence-corrected chi connectivity index (χ3v) is 3.47. The predicted molar refractivity (Wildman–Crippen MR) is 78.1 cm³/mol. The van der Waals surface area contributed by atoms with E-state index in [4.69, 9.17) is 11.2 Å². The number of carbonyl (C=O) groups excluding carboxylic acids is 2. The average Bonchev–Trinajstić information content (AvgIpc) is 2.51. The lowest BCUT2D eigenvalue weighted by Crippen LogP contribution is -2.36. The first-order valence-corrected chi connectivity index (χ1v) is 6.34. The predicted octanol–water partition coefficient (Wildman–Crippen LogP) is 1.15. The molecule has 6 nitrogen and oxygen atoms in total. The first-order valence-electron chi connectivity index (χ1n) is 8.58. The lowest BCUT2D eigenvalue weighted by Gasteiger charge is -2.24. The second-order valence-electron chi connectivity index (χ2n) is 4.86. The van der Waals surface area contributed by atoms with Gasteiger partial charge >= 0.3 is 0 Å². The minimum Gasteiger partial charge on any atom is -0.398 e. The van der Waals surface area contributed by atoms with Gasteiger partial charge in [0, 0.05) is 16.2 Å². The number of anilines is 1. The maximum atomic E-state index is 13.0. The topological polar surface area (TPSA) is 95.0 Å². The van der Waals surface area contributed by atoms with Gasteiger partial charge in [-0.3, -0.25) is 19.0 Å². The second-order valence-corrected chi connectivity index (χ2v) is 4.86. The fourth-order valence-corrected chi connectivity index (χ4v) is 2.49. The van der Waals surface area contributed by atoms with E-state index in [9.17, 15) is 14.4 Å². The molecule has 0 aliphatic heterocycles. The summed E-state index contributed by atoms with van der Waals surface area (Å²) in [6.07, 6.45) is -1.81. The molecule has 0 radical (unpaired) electrons. The highest BCUT2D eigenvalue weighted by atomic mass is 16.2. The Morgan fingerprint density at radius 2 is 2.33 bits per heavy atom. The maximum Gasteiger partial charge on any atom is 0.264 e. The number of carbonyl (C=O) groups is 2. The van der Waals surface area contributed by atoms with Gasteiger partial charge in [-0.05, 0) is 25.4 Å². The lowest BCUT2D eigenvalue weighted by atomic mass is 9.92. The van der Waals surface area contributed by atoms with Crippen LogP contribution < -0.4 is 11.3 Å². The Bertz CT molecular complexity index is 957. The lowest BCUT2D eigenvalue weighted by molar-refractivity contribution is -0.132. The number of Topliss-reactive ketones (excluding diaryl/α,β-unsaturated/α-hetero) is 2. The zero-order valence-electron chi connectivity index (χ0n) is 15.0. The normalized spacial score (nSPS) is 25.6. The first kappa shape index (κ1) is 9.44. The van der Waals surface area contributed by atoms with E-state index in [0.29, 0.717) is 0 Å². The number of nitrogens with zero attached hydrogens (tertiary/aromatic N) is 2. The van der Waals surface area contributed by atoms with Crippen LogP contribution in [0.15, 0.2) is 23.0 Å². The number of fused-ring (bicyclic) bond motifs is 1. The molecule has 2 aromatic rings. The van der Waals surface area contributed by atoms with Crippen molar-refractivity contribution in [3.63, 3.8) is 0 Å². The van der Waals surface area contributed by atoms with Crippen molar-refractivity contribution in [2.75, 3.05) is 5.73 Å². The number of aromatic nitrogens is 2. The maximum absolute atomic E-state index is 13.0. The number of nitrogen functional groups attached to an aromatic ring is 1. The summed E-state index contributed by atoms with van der Waals surface area (Å²) in [5.41, 5.74) is 5.04. The molecule has 1 saturated carbocycles. The number of aryl methyl sites for hydroxylation is 1. The Balaban J connectivity index is 2.36. The molecule has 1 aliphatic carbocycles. The van der Waals surface area contributed by atoms with Crippen LogP contribution in [0.3, 0.4) is 0 Å². The summed E-state index contributed by atoms with van der Waals surface area (Å²) < 4.78 is 31.9. The zero-order valence-corrected chi connectivity index (χ0v) is 11.0. The third-order valence-electron chi connectivity index (χ3n) is 3.47. The Morgan fingerprint density at radius 1 is 1.52 bits per heavy atom. The number of benzene rings is 1. The smallest absolute Gasteiger partial charge is 0.264 e. The number of ketones is 2. The molecule has 1 aliphatic rings. The van der Waals surface area contributed by atoms with Crippen molar-refractivity contribution < 1.29 is 15.1 Å². The van der Waals surface area contributed by atoms with Crippen LogP contribution in [-0.4, -0.2) is 21.1 Å². The van der Waals surface area contributed by atoms with E-state index in [2.05, 4.69) is 4.98 Å². The van der Waals surface area contributed by atoms with E-state index < -0.39 is 37.1 Å². The van der Waals surface area contributed by atoms with Crippen LogP contribution in [0.4, 0.5) is 5.69 Å². The van der Waals surface area contributed by atoms with Gasteiger partial charge in [0.15, 0.2) is 5.78 Å². The molecule has 6 heteroatoms. The van der Waals surface area contributed by atoms with Crippen LogP contribution in [0.25, 0.3) is 10.9 Å². The summed E-state index contributed by atoms with van der Waals surface area (Å²) in [5.74, 6) is -1.30. The van der Waals surface area contributed by atoms with Gasteiger partial charge in [-0.25, -0.2) is 4.98 Å². The van der Waals surface area contributed by atoms with Gasteiger partial charge < -0.3 is 5.73 Å². The molecule has 2 atom stereocenters. The largest absolute Gasteiger partial charge is 0.398 e. The monoisotopic (exact) mass is 289 g/mol. The summed E-state index contributed by atoms with van der Waals surface area (Å²) in [7, 11) is 0. The fraction of sp³-hybridized carbons (Fsp3) is 0.333. The highest BCUT2D eigenvalue weighted by molar-refractivity contribution is 6.03. The van der Waals surface area contributed by atoms with Crippen LogP contribution in [0.1, 0.15) is 36.6 Å². The summed E-state index contributed by atoms with van der Waals surface area (Å²) in [6.45, 7) is -1.67.